The molecule has 0 bridgehead atoms. The Morgan fingerprint density at radius 1 is 0.287 bits per heavy atom. The predicted octanol–water partition coefficient (Wildman–Crippen LogP) is 24.5. The second kappa shape index (κ2) is 72.3. The van der Waals surface area contributed by atoms with Crippen LogP contribution >= 0.6 is 15.6 Å². The third-order valence-corrected chi connectivity index (χ3v) is 21.4. The average Bonchev–Trinajstić information content (AvgIpc) is 0.967. The Morgan fingerprint density at radius 2 is 0.505 bits per heavy atom. The molecule has 0 aliphatic rings. The van der Waals surface area contributed by atoms with E-state index in [1.54, 1.807) is 0 Å². The fourth-order valence-electron chi connectivity index (χ4n) is 12.6. The van der Waals surface area contributed by atoms with Gasteiger partial charge >= 0.3 is 39.5 Å². The molecule has 0 saturated carbocycles. The van der Waals surface area contributed by atoms with Crippen molar-refractivity contribution in [2.45, 2.75) is 446 Å². The SMILES string of the molecule is CCCCCCCCCCCCCCCCCCCCCCC(=O)O[C@H](COC(=O)CCCCCCCCCCCCCCCCC(C)CC)COP(=O)(O)OC[C@@H](O)COP(=O)(O)OC[C@@H](COC(=O)CCCCCCCCCCC(C)C)OC(=O)CCCCCCCCCCCC(C)C. The van der Waals surface area contributed by atoms with E-state index in [2.05, 4.69) is 48.5 Å². The number of unbranched alkanes of at least 4 members (excludes halogenated alkanes) is 47. The van der Waals surface area contributed by atoms with E-state index >= 15 is 0 Å². The van der Waals surface area contributed by atoms with Gasteiger partial charge in [-0.05, 0) is 43.4 Å². The minimum atomic E-state index is -4.96. The van der Waals surface area contributed by atoms with Crippen molar-refractivity contribution < 1.29 is 80.2 Å². The maximum atomic E-state index is 13.1. The van der Waals surface area contributed by atoms with Gasteiger partial charge in [-0.2, -0.15) is 0 Å². The molecule has 0 radical (unpaired) electrons. The van der Waals surface area contributed by atoms with Crippen molar-refractivity contribution in [2.75, 3.05) is 39.6 Å². The number of carbonyl (C=O) groups is 4. The van der Waals surface area contributed by atoms with Crippen LogP contribution in [0.1, 0.15) is 427 Å². The van der Waals surface area contributed by atoms with E-state index in [4.69, 9.17) is 37.0 Å². The van der Waals surface area contributed by atoms with E-state index in [0.717, 1.165) is 108 Å². The van der Waals surface area contributed by atoms with E-state index in [1.165, 1.54) is 238 Å². The van der Waals surface area contributed by atoms with Gasteiger partial charge in [0.15, 0.2) is 12.2 Å². The number of aliphatic hydroxyl groups excluding tert-OH is 1. The molecule has 6 atom stereocenters. The van der Waals surface area contributed by atoms with Gasteiger partial charge in [0.2, 0.25) is 0 Å². The molecule has 0 aromatic heterocycles. The molecule has 0 saturated heterocycles. The third kappa shape index (κ3) is 74.7. The van der Waals surface area contributed by atoms with E-state index in [0.29, 0.717) is 25.7 Å². The number of aliphatic hydroxyl groups is 1. The fraction of sp³-hybridized carbons (Fsp3) is 0.951. The summed E-state index contributed by atoms with van der Waals surface area (Å²) in [6.45, 7) is 11.9. The summed E-state index contributed by atoms with van der Waals surface area (Å²) in [7, 11) is -9.92. The van der Waals surface area contributed by atoms with Crippen molar-refractivity contribution in [3.63, 3.8) is 0 Å². The summed E-state index contributed by atoms with van der Waals surface area (Å²) in [6, 6.07) is 0. The molecule has 0 aliphatic heterocycles. The highest BCUT2D eigenvalue weighted by Gasteiger charge is 2.30. The Labute approximate surface area is 619 Å². The molecule has 0 spiro atoms. The minimum Gasteiger partial charge on any atom is -0.462 e. The predicted molar refractivity (Wildman–Crippen MR) is 414 cm³/mol. The van der Waals surface area contributed by atoms with Crippen molar-refractivity contribution in [1.82, 2.24) is 0 Å². The second-order valence-corrected chi connectivity index (χ2v) is 33.6. The molecule has 17 nitrogen and oxygen atoms in total. The van der Waals surface area contributed by atoms with Crippen LogP contribution in [0, 0.1) is 17.8 Å². The number of carbonyl (C=O) groups excluding carboxylic acids is 4. The number of hydrogen-bond donors (Lipinski definition) is 3. The standard InChI is InChI=1S/C82H160O17P2/c1-8-10-11-12-13-14-15-16-17-18-19-20-21-22-27-30-35-44-51-58-65-81(86)98-77(69-92-79(84)63-56-49-42-34-29-26-24-23-25-28-33-41-48-55-62-75(7)9-2)71-96-100(88,89)94-67-76(83)68-95-101(90,91)97-72-78(70-93-80(85)64-57-50-43-38-37-40-47-54-61-74(5)6)99-82(87)66-59-52-45-36-31-32-39-46-53-60-73(3)4/h73-78,83H,8-72H2,1-7H3,(H,88,89)(H,90,91)/t75?,76-,77-,78-/m1/s1. The van der Waals surface area contributed by atoms with Crippen molar-refractivity contribution in [3.8, 4) is 0 Å². The summed E-state index contributed by atoms with van der Waals surface area (Å²) in [5.41, 5.74) is 0. The van der Waals surface area contributed by atoms with E-state index in [1.807, 2.05) is 0 Å². The first kappa shape index (κ1) is 99.1. The number of hydrogen-bond acceptors (Lipinski definition) is 15. The summed E-state index contributed by atoms with van der Waals surface area (Å²) in [5, 5.41) is 10.6. The first-order chi connectivity index (χ1) is 48.8. The molecule has 0 aromatic rings. The number of phosphoric acid groups is 2. The molecule has 101 heavy (non-hydrogen) atoms. The summed E-state index contributed by atoms with van der Waals surface area (Å²) in [6.07, 6.45) is 61.1. The van der Waals surface area contributed by atoms with Crippen LogP contribution in [0.5, 0.6) is 0 Å². The molecule has 0 rings (SSSR count). The molecule has 0 fully saturated rings. The summed E-state index contributed by atoms with van der Waals surface area (Å²) < 4.78 is 68.7. The first-order valence-electron chi connectivity index (χ1n) is 42.4. The number of ether oxygens (including phenoxy) is 4. The van der Waals surface area contributed by atoms with Gasteiger partial charge in [0, 0.05) is 25.7 Å². The molecular weight excluding hydrogens is 1320 g/mol. The summed E-state index contributed by atoms with van der Waals surface area (Å²) in [4.78, 5) is 73.0. The zero-order chi connectivity index (χ0) is 74.4. The zero-order valence-corrected chi connectivity index (χ0v) is 68.2. The van der Waals surface area contributed by atoms with Crippen LogP contribution < -0.4 is 0 Å². The van der Waals surface area contributed by atoms with Crippen LogP contribution in [-0.4, -0.2) is 96.7 Å². The Bertz CT molecular complexity index is 1960. The Hall–Kier alpha value is -1.94. The monoisotopic (exact) mass is 1480 g/mol. The van der Waals surface area contributed by atoms with Crippen LogP contribution in [0.3, 0.4) is 0 Å². The highest BCUT2D eigenvalue weighted by atomic mass is 31.2. The molecule has 0 aliphatic carbocycles. The molecule has 600 valence electrons. The van der Waals surface area contributed by atoms with Gasteiger partial charge in [-0.15, -0.1) is 0 Å². The van der Waals surface area contributed by atoms with Gasteiger partial charge in [-0.1, -0.05) is 376 Å². The van der Waals surface area contributed by atoms with Gasteiger partial charge in [0.05, 0.1) is 26.4 Å². The highest BCUT2D eigenvalue weighted by Crippen LogP contribution is 2.45. The van der Waals surface area contributed by atoms with Crippen LogP contribution in [0.4, 0.5) is 0 Å². The Balaban J connectivity index is 5.23. The molecule has 19 heteroatoms. The molecule has 3 unspecified atom stereocenters. The van der Waals surface area contributed by atoms with Gasteiger partial charge in [0.25, 0.3) is 0 Å². The minimum absolute atomic E-state index is 0.105. The number of phosphoric ester groups is 2. The van der Waals surface area contributed by atoms with Crippen LogP contribution in [0.2, 0.25) is 0 Å². The van der Waals surface area contributed by atoms with Gasteiger partial charge < -0.3 is 33.8 Å². The average molecular weight is 1480 g/mol. The topological polar surface area (TPSA) is 237 Å². The van der Waals surface area contributed by atoms with Gasteiger partial charge in [0.1, 0.15) is 19.3 Å². The van der Waals surface area contributed by atoms with Crippen molar-refractivity contribution >= 4 is 39.5 Å². The molecule has 0 amide bonds. The highest BCUT2D eigenvalue weighted by molar-refractivity contribution is 7.47. The number of esters is 4. The van der Waals surface area contributed by atoms with Crippen LogP contribution in [-0.2, 0) is 65.4 Å². The quantitative estimate of drug-likeness (QED) is 0.0222. The number of rotatable bonds is 80. The lowest BCUT2D eigenvalue weighted by Gasteiger charge is -2.21. The Morgan fingerprint density at radius 3 is 0.752 bits per heavy atom. The van der Waals surface area contributed by atoms with Crippen molar-refractivity contribution in [2.24, 2.45) is 17.8 Å². The van der Waals surface area contributed by atoms with Crippen molar-refractivity contribution in [3.05, 3.63) is 0 Å². The van der Waals surface area contributed by atoms with Gasteiger partial charge in [-0.25, -0.2) is 9.13 Å². The normalized spacial score (nSPS) is 14.2. The zero-order valence-electron chi connectivity index (χ0n) is 66.4. The molecule has 0 heterocycles. The Kier molecular flexibility index (Phi) is 70.9. The van der Waals surface area contributed by atoms with Crippen molar-refractivity contribution in [1.29, 1.82) is 0 Å². The maximum Gasteiger partial charge on any atom is 0.472 e. The molecule has 3 N–H and O–H groups in total. The lowest BCUT2D eigenvalue weighted by Crippen LogP contribution is -2.30. The fourth-order valence-corrected chi connectivity index (χ4v) is 14.2. The van der Waals surface area contributed by atoms with Crippen LogP contribution in [0.25, 0.3) is 0 Å². The molecule has 0 aromatic carbocycles. The van der Waals surface area contributed by atoms with Crippen LogP contribution in [0.15, 0.2) is 0 Å². The largest absolute Gasteiger partial charge is 0.472 e. The maximum absolute atomic E-state index is 13.1. The van der Waals surface area contributed by atoms with E-state index in [-0.39, 0.29) is 25.7 Å². The summed E-state index contributed by atoms with van der Waals surface area (Å²) in [5.74, 6) is 0.201. The second-order valence-electron chi connectivity index (χ2n) is 30.7. The smallest absolute Gasteiger partial charge is 0.462 e. The van der Waals surface area contributed by atoms with E-state index < -0.39 is 97.5 Å². The third-order valence-electron chi connectivity index (χ3n) is 19.5. The molecular formula is C82H160O17P2. The lowest BCUT2D eigenvalue weighted by molar-refractivity contribution is -0.161. The lowest BCUT2D eigenvalue weighted by atomic mass is 9.99. The van der Waals surface area contributed by atoms with Gasteiger partial charge in [-0.3, -0.25) is 37.3 Å². The van der Waals surface area contributed by atoms with E-state index in [9.17, 15) is 43.2 Å². The summed E-state index contributed by atoms with van der Waals surface area (Å²) >= 11 is 0. The first-order valence-corrected chi connectivity index (χ1v) is 45.4.